The van der Waals surface area contributed by atoms with E-state index in [-0.39, 0.29) is 5.91 Å². The van der Waals surface area contributed by atoms with Crippen LogP contribution in [0.5, 0.6) is 0 Å². The monoisotopic (exact) mass is 305 g/mol. The second-order valence-electron chi connectivity index (χ2n) is 5.78. The van der Waals surface area contributed by atoms with Crippen molar-refractivity contribution >= 4 is 11.7 Å². The molecule has 2 N–H and O–H groups in total. The summed E-state index contributed by atoms with van der Waals surface area (Å²) in [5.74, 6) is 1.19. The Morgan fingerprint density at radius 1 is 1.27 bits per heavy atom. The zero-order chi connectivity index (χ0) is 16.2. The molecule has 0 aromatic carbocycles. The molecule has 1 aliphatic rings. The first-order valence-electron chi connectivity index (χ1n) is 8.64. The van der Waals surface area contributed by atoms with Gasteiger partial charge in [0.1, 0.15) is 5.82 Å². The zero-order valence-electron chi connectivity index (χ0n) is 14.4. The zero-order valence-corrected chi connectivity index (χ0v) is 14.4. The molecule has 1 amide bonds. The summed E-state index contributed by atoms with van der Waals surface area (Å²) in [5.41, 5.74) is 2.47. The topological polar surface area (TPSA) is 54.0 Å². The summed E-state index contributed by atoms with van der Waals surface area (Å²) in [5, 5.41) is 6.05. The molecule has 4 heteroatoms. The SMILES string of the molecule is CCC.CNC(=O)CCCCc1ccc2c(n1)NCCCC2. The second kappa shape index (κ2) is 11.0. The Hall–Kier alpha value is -1.58. The van der Waals surface area contributed by atoms with Crippen LogP contribution < -0.4 is 10.6 Å². The van der Waals surface area contributed by atoms with Gasteiger partial charge in [0.05, 0.1) is 0 Å². The van der Waals surface area contributed by atoms with E-state index < -0.39 is 0 Å². The highest BCUT2D eigenvalue weighted by Gasteiger charge is 2.09. The lowest BCUT2D eigenvalue weighted by Crippen LogP contribution is -2.17. The molecule has 2 heterocycles. The molecule has 0 unspecified atom stereocenters. The number of carbonyl (C=O) groups excluding carboxylic acids is 1. The highest BCUT2D eigenvalue weighted by atomic mass is 16.1. The second-order valence-corrected chi connectivity index (χ2v) is 5.78. The highest BCUT2D eigenvalue weighted by molar-refractivity contribution is 5.75. The molecule has 1 aliphatic heterocycles. The third kappa shape index (κ3) is 6.92. The first kappa shape index (κ1) is 18.5. The predicted octanol–water partition coefficient (Wildman–Crippen LogP) is 3.70. The number of aromatic nitrogens is 1. The van der Waals surface area contributed by atoms with E-state index in [1.54, 1.807) is 7.05 Å². The van der Waals surface area contributed by atoms with E-state index in [0.29, 0.717) is 6.42 Å². The van der Waals surface area contributed by atoms with E-state index in [1.165, 1.54) is 24.8 Å². The van der Waals surface area contributed by atoms with Crippen molar-refractivity contribution < 1.29 is 4.79 Å². The smallest absolute Gasteiger partial charge is 0.219 e. The summed E-state index contributed by atoms with van der Waals surface area (Å²) in [6.45, 7) is 5.28. The first-order chi connectivity index (χ1) is 10.7. The maximum absolute atomic E-state index is 11.1. The van der Waals surface area contributed by atoms with Crippen LogP contribution in [0.15, 0.2) is 12.1 Å². The van der Waals surface area contributed by atoms with Crippen LogP contribution in [-0.2, 0) is 17.6 Å². The molecule has 0 fully saturated rings. The van der Waals surface area contributed by atoms with E-state index in [0.717, 1.165) is 43.7 Å². The number of nitrogens with one attached hydrogen (secondary N) is 2. The van der Waals surface area contributed by atoms with Gasteiger partial charge in [-0.3, -0.25) is 4.79 Å². The molecule has 22 heavy (non-hydrogen) atoms. The molecule has 1 aromatic heterocycles. The number of amides is 1. The maximum atomic E-state index is 11.1. The van der Waals surface area contributed by atoms with Crippen molar-refractivity contribution in [2.75, 3.05) is 18.9 Å². The number of pyridine rings is 1. The Balaban J connectivity index is 0.000000745. The Morgan fingerprint density at radius 3 is 2.77 bits per heavy atom. The number of hydrogen-bond acceptors (Lipinski definition) is 3. The number of hydrogen-bond donors (Lipinski definition) is 2. The molecule has 0 atom stereocenters. The fourth-order valence-corrected chi connectivity index (χ4v) is 2.39. The van der Waals surface area contributed by atoms with Gasteiger partial charge in [0.2, 0.25) is 5.91 Å². The molecule has 0 bridgehead atoms. The summed E-state index contributed by atoms with van der Waals surface area (Å²) in [4.78, 5) is 15.8. The summed E-state index contributed by atoms with van der Waals surface area (Å²) in [6.07, 6.45) is 8.34. The Labute approximate surface area is 135 Å². The van der Waals surface area contributed by atoms with Crippen LogP contribution in [0.3, 0.4) is 0 Å². The van der Waals surface area contributed by atoms with Gasteiger partial charge in [0.25, 0.3) is 0 Å². The molecular weight excluding hydrogens is 274 g/mol. The molecule has 2 rings (SSSR count). The van der Waals surface area contributed by atoms with Crippen molar-refractivity contribution in [2.45, 2.75) is 65.2 Å². The number of unbranched alkanes of at least 4 members (excludes halogenated alkanes) is 1. The standard InChI is InChI=1S/C15H23N3O.C3H8/c1-16-14(19)8-3-2-7-13-10-9-12-6-4-5-11-17-15(12)18-13;1-3-2/h9-10H,2-8,11H2,1H3,(H,16,19)(H,17,18);3H2,1-2H3. The lowest BCUT2D eigenvalue weighted by molar-refractivity contribution is -0.120. The fourth-order valence-electron chi connectivity index (χ4n) is 2.39. The first-order valence-corrected chi connectivity index (χ1v) is 8.64. The van der Waals surface area contributed by atoms with Crippen molar-refractivity contribution in [3.63, 3.8) is 0 Å². The third-order valence-corrected chi connectivity index (χ3v) is 3.57. The molecule has 0 radical (unpaired) electrons. The number of fused-ring (bicyclic) bond motifs is 1. The normalized spacial score (nSPS) is 13.0. The van der Waals surface area contributed by atoms with Gasteiger partial charge in [-0.15, -0.1) is 0 Å². The van der Waals surface area contributed by atoms with Gasteiger partial charge < -0.3 is 10.6 Å². The molecule has 0 aliphatic carbocycles. The van der Waals surface area contributed by atoms with Crippen molar-refractivity contribution in [1.82, 2.24) is 10.3 Å². The van der Waals surface area contributed by atoms with Crippen LogP contribution >= 0.6 is 0 Å². The molecule has 1 aromatic rings. The Morgan fingerprint density at radius 2 is 2.05 bits per heavy atom. The van der Waals surface area contributed by atoms with E-state index in [4.69, 9.17) is 4.98 Å². The number of anilines is 1. The number of rotatable bonds is 5. The summed E-state index contributed by atoms with van der Waals surface area (Å²) in [6, 6.07) is 4.33. The largest absolute Gasteiger partial charge is 0.370 e. The van der Waals surface area contributed by atoms with Crippen LogP contribution in [0.25, 0.3) is 0 Å². The third-order valence-electron chi connectivity index (χ3n) is 3.57. The number of carbonyl (C=O) groups is 1. The molecule has 124 valence electrons. The van der Waals surface area contributed by atoms with E-state index in [2.05, 4.69) is 36.6 Å². The van der Waals surface area contributed by atoms with E-state index >= 15 is 0 Å². The summed E-state index contributed by atoms with van der Waals surface area (Å²) < 4.78 is 0. The van der Waals surface area contributed by atoms with Gasteiger partial charge in [0, 0.05) is 25.7 Å². The van der Waals surface area contributed by atoms with Gasteiger partial charge in [-0.2, -0.15) is 0 Å². The van der Waals surface area contributed by atoms with Crippen LogP contribution in [0.4, 0.5) is 5.82 Å². The molecular formula is C18H31N3O. The predicted molar refractivity (Wildman–Crippen MR) is 93.3 cm³/mol. The average Bonchev–Trinajstić information content (AvgIpc) is 2.76. The minimum atomic E-state index is 0.122. The van der Waals surface area contributed by atoms with Gasteiger partial charge in [0.15, 0.2) is 0 Å². The molecule has 4 nitrogen and oxygen atoms in total. The lowest BCUT2D eigenvalue weighted by Gasteiger charge is -2.09. The van der Waals surface area contributed by atoms with Crippen LogP contribution in [0.2, 0.25) is 0 Å². The Bertz CT molecular complexity index is 446. The van der Waals surface area contributed by atoms with Crippen molar-refractivity contribution in [3.05, 3.63) is 23.4 Å². The lowest BCUT2D eigenvalue weighted by atomic mass is 10.1. The van der Waals surface area contributed by atoms with E-state index in [1.807, 2.05) is 0 Å². The number of nitrogens with zero attached hydrogens (tertiary/aromatic N) is 1. The van der Waals surface area contributed by atoms with Crippen LogP contribution in [0, 0.1) is 0 Å². The van der Waals surface area contributed by atoms with Gasteiger partial charge >= 0.3 is 0 Å². The van der Waals surface area contributed by atoms with Crippen molar-refractivity contribution in [3.8, 4) is 0 Å². The summed E-state index contributed by atoms with van der Waals surface area (Å²) >= 11 is 0. The minimum Gasteiger partial charge on any atom is -0.370 e. The maximum Gasteiger partial charge on any atom is 0.219 e. The van der Waals surface area contributed by atoms with Crippen LogP contribution in [-0.4, -0.2) is 24.5 Å². The quantitative estimate of drug-likeness (QED) is 0.815. The van der Waals surface area contributed by atoms with Crippen LogP contribution in [0.1, 0.15) is 63.6 Å². The molecule has 0 saturated heterocycles. The van der Waals surface area contributed by atoms with Crippen molar-refractivity contribution in [1.29, 1.82) is 0 Å². The van der Waals surface area contributed by atoms with Gasteiger partial charge in [-0.1, -0.05) is 26.3 Å². The summed E-state index contributed by atoms with van der Waals surface area (Å²) in [7, 11) is 1.68. The highest BCUT2D eigenvalue weighted by Crippen LogP contribution is 2.20. The number of aryl methyl sites for hydroxylation is 2. The molecule has 0 spiro atoms. The average molecular weight is 305 g/mol. The van der Waals surface area contributed by atoms with Gasteiger partial charge in [-0.25, -0.2) is 4.98 Å². The van der Waals surface area contributed by atoms with E-state index in [9.17, 15) is 4.79 Å². The molecule has 0 saturated carbocycles. The Kier molecular flexibility index (Phi) is 9.28. The fraction of sp³-hybridized carbons (Fsp3) is 0.667. The van der Waals surface area contributed by atoms with Gasteiger partial charge in [-0.05, 0) is 50.2 Å². The van der Waals surface area contributed by atoms with Crippen molar-refractivity contribution in [2.24, 2.45) is 0 Å². The minimum absolute atomic E-state index is 0.122.